The van der Waals surface area contributed by atoms with E-state index in [1.807, 2.05) is 7.11 Å². The molecule has 0 spiro atoms. The molecule has 0 bridgehead atoms. The van der Waals surface area contributed by atoms with Crippen LogP contribution < -0.4 is 5.32 Å². The molecule has 0 amide bonds. The van der Waals surface area contributed by atoms with Crippen molar-refractivity contribution in [3.8, 4) is 0 Å². The minimum atomic E-state index is 0.525. The average molecular weight is 284 g/mol. The predicted octanol–water partition coefficient (Wildman–Crippen LogP) is 4.64. The van der Waals surface area contributed by atoms with Gasteiger partial charge in [-0.2, -0.15) is 0 Å². The van der Waals surface area contributed by atoms with Gasteiger partial charge in [-0.1, -0.05) is 40.0 Å². The molecule has 1 unspecified atom stereocenters. The monoisotopic (exact) mass is 283 g/mol. The quantitative estimate of drug-likeness (QED) is 0.631. The van der Waals surface area contributed by atoms with Crippen LogP contribution in [0.4, 0.5) is 0 Å². The van der Waals surface area contributed by atoms with Crippen LogP contribution in [0.2, 0.25) is 0 Å². The van der Waals surface area contributed by atoms with Crippen molar-refractivity contribution >= 4 is 0 Å². The Hall–Kier alpha value is -0.0800. The van der Waals surface area contributed by atoms with Crippen molar-refractivity contribution in [3.63, 3.8) is 0 Å². The Bertz CT molecular complexity index is 234. The lowest BCUT2D eigenvalue weighted by atomic mass is 9.62. The van der Waals surface area contributed by atoms with E-state index >= 15 is 0 Å². The van der Waals surface area contributed by atoms with Crippen LogP contribution in [0.25, 0.3) is 0 Å². The predicted molar refractivity (Wildman–Crippen MR) is 88.1 cm³/mol. The molecule has 1 fully saturated rings. The van der Waals surface area contributed by atoms with E-state index in [-0.39, 0.29) is 0 Å². The molecule has 2 heteroatoms. The molecule has 0 saturated heterocycles. The zero-order valence-corrected chi connectivity index (χ0v) is 14.3. The topological polar surface area (TPSA) is 21.3 Å². The van der Waals surface area contributed by atoms with E-state index < -0.39 is 0 Å². The number of hydrogen-bond acceptors (Lipinski definition) is 2. The van der Waals surface area contributed by atoms with E-state index in [1.165, 1.54) is 57.9 Å². The first-order valence-corrected chi connectivity index (χ1v) is 8.88. The van der Waals surface area contributed by atoms with Crippen LogP contribution in [0.1, 0.15) is 72.1 Å². The molecule has 1 rings (SSSR count). The molecule has 0 aromatic rings. The first-order valence-electron chi connectivity index (χ1n) is 8.88. The molecule has 1 aliphatic carbocycles. The van der Waals surface area contributed by atoms with E-state index in [9.17, 15) is 0 Å². The lowest BCUT2D eigenvalue weighted by molar-refractivity contribution is 0.0554. The Labute approximate surface area is 127 Å². The van der Waals surface area contributed by atoms with Crippen LogP contribution >= 0.6 is 0 Å². The minimum absolute atomic E-state index is 0.525. The summed E-state index contributed by atoms with van der Waals surface area (Å²) in [6.07, 6.45) is 11.2. The molecule has 1 saturated carbocycles. The fraction of sp³-hybridized carbons (Fsp3) is 1.00. The van der Waals surface area contributed by atoms with Gasteiger partial charge in [0.05, 0.1) is 0 Å². The van der Waals surface area contributed by atoms with Crippen molar-refractivity contribution in [1.29, 1.82) is 0 Å². The highest BCUT2D eigenvalue weighted by atomic mass is 16.5. The molecule has 0 aliphatic heterocycles. The minimum Gasteiger partial charge on any atom is -0.385 e. The summed E-state index contributed by atoms with van der Waals surface area (Å²) in [5.41, 5.74) is 0.525. The summed E-state index contributed by atoms with van der Waals surface area (Å²) in [7, 11) is 1.82. The van der Waals surface area contributed by atoms with Crippen molar-refractivity contribution in [1.82, 2.24) is 5.32 Å². The van der Waals surface area contributed by atoms with Gasteiger partial charge in [0.2, 0.25) is 0 Å². The van der Waals surface area contributed by atoms with Gasteiger partial charge in [-0.25, -0.2) is 0 Å². The van der Waals surface area contributed by atoms with Crippen LogP contribution in [-0.2, 0) is 4.74 Å². The summed E-state index contributed by atoms with van der Waals surface area (Å²) in [6.45, 7) is 10.2. The third kappa shape index (κ3) is 5.37. The van der Waals surface area contributed by atoms with Gasteiger partial charge in [0.25, 0.3) is 0 Å². The third-order valence-corrected chi connectivity index (χ3v) is 5.59. The van der Waals surface area contributed by atoms with Crippen LogP contribution in [0, 0.1) is 17.3 Å². The molecular weight excluding hydrogens is 246 g/mol. The number of nitrogens with one attached hydrogen (secondary N) is 1. The van der Waals surface area contributed by atoms with E-state index in [1.54, 1.807) is 0 Å². The molecule has 0 heterocycles. The number of ether oxygens (including phenoxy) is 1. The lowest BCUT2D eigenvalue weighted by Crippen LogP contribution is -2.42. The fourth-order valence-corrected chi connectivity index (χ4v) is 3.85. The maximum Gasteiger partial charge on any atom is 0.0465 e. The Morgan fingerprint density at radius 3 is 2.50 bits per heavy atom. The van der Waals surface area contributed by atoms with E-state index in [0.29, 0.717) is 5.41 Å². The van der Waals surface area contributed by atoms with Crippen molar-refractivity contribution in [3.05, 3.63) is 0 Å². The Balaban J connectivity index is 2.53. The second-order valence-corrected chi connectivity index (χ2v) is 6.91. The van der Waals surface area contributed by atoms with Crippen molar-refractivity contribution in [2.45, 2.75) is 72.1 Å². The van der Waals surface area contributed by atoms with Crippen LogP contribution in [0.5, 0.6) is 0 Å². The van der Waals surface area contributed by atoms with Gasteiger partial charge in [0, 0.05) is 20.3 Å². The molecule has 120 valence electrons. The normalized spacial score (nSPS) is 28.5. The Morgan fingerprint density at radius 2 is 1.95 bits per heavy atom. The van der Waals surface area contributed by atoms with Crippen molar-refractivity contribution < 1.29 is 4.74 Å². The maximum absolute atomic E-state index is 5.31. The summed E-state index contributed by atoms with van der Waals surface area (Å²) in [5.74, 6) is 1.77. The SMILES string of the molecule is CCCCC1CCC(CNCC)(C(C)CCOC)CC1. The van der Waals surface area contributed by atoms with Gasteiger partial charge in [-0.05, 0) is 55.9 Å². The van der Waals surface area contributed by atoms with Gasteiger partial charge in [0.15, 0.2) is 0 Å². The largest absolute Gasteiger partial charge is 0.385 e. The van der Waals surface area contributed by atoms with E-state index in [4.69, 9.17) is 4.74 Å². The average Bonchev–Trinajstić information content (AvgIpc) is 2.49. The molecule has 1 atom stereocenters. The summed E-state index contributed by atoms with van der Waals surface area (Å²) in [4.78, 5) is 0. The molecular formula is C18H37NO. The van der Waals surface area contributed by atoms with E-state index in [0.717, 1.165) is 25.0 Å². The van der Waals surface area contributed by atoms with Crippen molar-refractivity contribution in [2.75, 3.05) is 26.8 Å². The summed E-state index contributed by atoms with van der Waals surface area (Å²) < 4.78 is 5.31. The van der Waals surface area contributed by atoms with E-state index in [2.05, 4.69) is 26.1 Å². The second-order valence-electron chi connectivity index (χ2n) is 6.91. The van der Waals surface area contributed by atoms with Gasteiger partial charge in [0.1, 0.15) is 0 Å². The van der Waals surface area contributed by atoms with Gasteiger partial charge < -0.3 is 10.1 Å². The molecule has 20 heavy (non-hydrogen) atoms. The second kappa shape index (κ2) is 9.78. The highest BCUT2D eigenvalue weighted by Crippen LogP contribution is 2.46. The highest BCUT2D eigenvalue weighted by molar-refractivity contribution is 4.91. The molecule has 0 aromatic heterocycles. The van der Waals surface area contributed by atoms with Crippen LogP contribution in [0.3, 0.4) is 0 Å². The highest BCUT2D eigenvalue weighted by Gasteiger charge is 2.38. The molecule has 2 nitrogen and oxygen atoms in total. The Kier molecular flexibility index (Phi) is 8.79. The zero-order valence-electron chi connectivity index (χ0n) is 14.3. The van der Waals surface area contributed by atoms with Gasteiger partial charge in [-0.15, -0.1) is 0 Å². The molecule has 1 aliphatic rings. The molecule has 0 radical (unpaired) electrons. The number of methoxy groups -OCH3 is 1. The zero-order chi connectivity index (χ0) is 14.8. The molecule has 1 N–H and O–H groups in total. The van der Waals surface area contributed by atoms with Crippen molar-refractivity contribution in [2.24, 2.45) is 17.3 Å². The first-order chi connectivity index (χ1) is 9.68. The van der Waals surface area contributed by atoms with Gasteiger partial charge in [-0.3, -0.25) is 0 Å². The standard InChI is InChI=1S/C18H37NO/c1-5-7-8-17-9-12-18(13-10-17,15-19-6-2)16(3)11-14-20-4/h16-17,19H,5-15H2,1-4H3. The molecule has 0 aromatic carbocycles. The number of hydrogen-bond donors (Lipinski definition) is 1. The van der Waals surface area contributed by atoms with Gasteiger partial charge >= 0.3 is 0 Å². The summed E-state index contributed by atoms with van der Waals surface area (Å²) in [5, 5.41) is 3.63. The first kappa shape index (κ1) is 18.0. The fourth-order valence-electron chi connectivity index (χ4n) is 3.85. The smallest absolute Gasteiger partial charge is 0.0465 e. The Morgan fingerprint density at radius 1 is 1.25 bits per heavy atom. The lowest BCUT2D eigenvalue weighted by Gasteiger charge is -2.45. The maximum atomic E-state index is 5.31. The summed E-state index contributed by atoms with van der Waals surface area (Å²) in [6, 6.07) is 0. The summed E-state index contributed by atoms with van der Waals surface area (Å²) >= 11 is 0. The van der Waals surface area contributed by atoms with Crippen LogP contribution in [0.15, 0.2) is 0 Å². The number of unbranched alkanes of at least 4 members (excludes halogenated alkanes) is 1. The van der Waals surface area contributed by atoms with Crippen LogP contribution in [-0.4, -0.2) is 26.8 Å². The third-order valence-electron chi connectivity index (χ3n) is 5.59. The number of rotatable bonds is 10.